The smallest absolute Gasteiger partial charge is 0.0757 e. The van der Waals surface area contributed by atoms with Gasteiger partial charge in [0.15, 0.2) is 0 Å². The fourth-order valence-electron chi connectivity index (χ4n) is 0.746. The van der Waals surface area contributed by atoms with Crippen molar-refractivity contribution in [2.75, 3.05) is 12.4 Å². The summed E-state index contributed by atoms with van der Waals surface area (Å²) in [7, 11) is -1.55. The first-order valence-corrected chi connectivity index (χ1v) is 6.55. The molecular formula is C6H8OS3. The fourth-order valence-corrected chi connectivity index (χ4v) is 2.72. The van der Waals surface area contributed by atoms with Crippen molar-refractivity contribution in [3.05, 3.63) is 0 Å². The Kier molecular flexibility index (Phi) is 2.64. The van der Waals surface area contributed by atoms with Gasteiger partial charge >= 0.3 is 0 Å². The third-order valence-corrected chi connectivity index (χ3v) is 4.21. The molecule has 0 aromatic heterocycles. The van der Waals surface area contributed by atoms with Crippen LogP contribution >= 0.6 is 0 Å². The van der Waals surface area contributed by atoms with E-state index >= 15 is 0 Å². The molecule has 0 aliphatic carbocycles. The second kappa shape index (κ2) is 3.14. The molecule has 4 heteroatoms. The van der Waals surface area contributed by atoms with Crippen LogP contribution < -0.4 is 0 Å². The Balaban J connectivity index is 2.56. The largest absolute Gasteiger partial charge is 0.309 e. The Morgan fingerprint density at radius 2 is 2.30 bits per heavy atom. The zero-order valence-corrected chi connectivity index (χ0v) is 7.86. The molecule has 1 rings (SSSR count). The minimum Gasteiger partial charge on any atom is -0.309 e. The Bertz CT molecular complexity index is 233. The monoisotopic (exact) mass is 192 g/mol. The molecule has 1 heterocycles. The average molecular weight is 192 g/mol. The SMILES string of the molecule is C#CC1CCS(=S)(=S)OC1. The van der Waals surface area contributed by atoms with Crippen molar-refractivity contribution in [2.45, 2.75) is 6.42 Å². The lowest BCUT2D eigenvalue weighted by Gasteiger charge is -2.21. The molecule has 1 fully saturated rings. The molecule has 0 radical (unpaired) electrons. The maximum absolute atomic E-state index is 5.24. The molecule has 1 nitrogen and oxygen atoms in total. The van der Waals surface area contributed by atoms with Gasteiger partial charge in [-0.15, -0.1) is 12.3 Å². The van der Waals surface area contributed by atoms with Crippen molar-refractivity contribution >= 4 is 29.8 Å². The molecule has 56 valence electrons. The van der Waals surface area contributed by atoms with Gasteiger partial charge in [-0.2, -0.15) is 0 Å². The average Bonchev–Trinajstić information content (AvgIpc) is 1.88. The maximum Gasteiger partial charge on any atom is 0.0757 e. The maximum atomic E-state index is 5.24. The van der Waals surface area contributed by atoms with Crippen LogP contribution in [0.4, 0.5) is 0 Å². The lowest BCUT2D eigenvalue weighted by Crippen LogP contribution is -2.23. The zero-order valence-electron chi connectivity index (χ0n) is 5.41. The number of rotatable bonds is 0. The first kappa shape index (κ1) is 8.41. The van der Waals surface area contributed by atoms with Gasteiger partial charge in [0.1, 0.15) is 0 Å². The Labute approximate surface area is 71.2 Å². The third-order valence-electron chi connectivity index (χ3n) is 1.40. The molecule has 0 saturated carbocycles. The summed E-state index contributed by atoms with van der Waals surface area (Å²) in [5.41, 5.74) is 0. The van der Waals surface area contributed by atoms with Crippen molar-refractivity contribution < 1.29 is 4.18 Å². The molecule has 1 atom stereocenters. The van der Waals surface area contributed by atoms with Gasteiger partial charge in [-0.3, -0.25) is 0 Å². The molecule has 0 bridgehead atoms. The highest BCUT2D eigenvalue weighted by Crippen LogP contribution is 2.14. The molecule has 0 N–H and O–H groups in total. The highest BCUT2D eigenvalue weighted by molar-refractivity contribution is 8.54. The van der Waals surface area contributed by atoms with E-state index in [-0.39, 0.29) is 5.92 Å². The van der Waals surface area contributed by atoms with Gasteiger partial charge < -0.3 is 4.18 Å². The minimum atomic E-state index is -1.55. The quantitative estimate of drug-likeness (QED) is 0.522. The summed E-state index contributed by atoms with van der Waals surface area (Å²) in [6.45, 7) is 0.568. The normalized spacial score (nSPS) is 30.9. The summed E-state index contributed by atoms with van der Waals surface area (Å²) in [6, 6.07) is 0. The Hall–Kier alpha value is 0.310. The van der Waals surface area contributed by atoms with Crippen molar-refractivity contribution in [1.29, 1.82) is 0 Å². The summed E-state index contributed by atoms with van der Waals surface area (Å²) in [6.07, 6.45) is 6.15. The molecule has 1 aliphatic heterocycles. The van der Waals surface area contributed by atoms with Crippen LogP contribution in [0.25, 0.3) is 0 Å². The van der Waals surface area contributed by atoms with E-state index in [2.05, 4.69) is 5.92 Å². The number of hydrogen-bond donors (Lipinski definition) is 0. The predicted octanol–water partition coefficient (Wildman–Crippen LogP) is 0.649. The first-order chi connectivity index (χ1) is 4.64. The van der Waals surface area contributed by atoms with Crippen molar-refractivity contribution in [3.8, 4) is 12.3 Å². The van der Waals surface area contributed by atoms with Crippen LogP contribution in [0.5, 0.6) is 0 Å². The summed E-state index contributed by atoms with van der Waals surface area (Å²) >= 11 is 10.0. The van der Waals surface area contributed by atoms with Crippen LogP contribution in [0.2, 0.25) is 0 Å². The number of hydrogen-bond acceptors (Lipinski definition) is 3. The van der Waals surface area contributed by atoms with Gasteiger partial charge in [0.05, 0.1) is 6.61 Å². The first-order valence-electron chi connectivity index (χ1n) is 2.97. The van der Waals surface area contributed by atoms with Crippen LogP contribution in [0.3, 0.4) is 0 Å². The van der Waals surface area contributed by atoms with E-state index < -0.39 is 7.43 Å². The summed E-state index contributed by atoms with van der Waals surface area (Å²) < 4.78 is 5.24. The van der Waals surface area contributed by atoms with Crippen LogP contribution in [-0.4, -0.2) is 12.4 Å². The van der Waals surface area contributed by atoms with Crippen molar-refractivity contribution in [2.24, 2.45) is 5.92 Å². The lowest BCUT2D eigenvalue weighted by atomic mass is 10.1. The minimum absolute atomic E-state index is 0.242. The molecule has 1 saturated heterocycles. The Morgan fingerprint density at radius 1 is 1.60 bits per heavy atom. The summed E-state index contributed by atoms with van der Waals surface area (Å²) in [5.74, 6) is 3.68. The molecule has 0 aromatic carbocycles. The van der Waals surface area contributed by atoms with E-state index in [4.69, 9.17) is 33.0 Å². The third kappa shape index (κ3) is 2.17. The van der Waals surface area contributed by atoms with E-state index in [1.807, 2.05) is 0 Å². The second-order valence-corrected chi connectivity index (χ2v) is 7.82. The van der Waals surface area contributed by atoms with Gasteiger partial charge in [0.2, 0.25) is 0 Å². The lowest BCUT2D eigenvalue weighted by molar-refractivity contribution is 0.299. The predicted molar refractivity (Wildman–Crippen MR) is 49.9 cm³/mol. The van der Waals surface area contributed by atoms with Crippen molar-refractivity contribution in [3.63, 3.8) is 0 Å². The van der Waals surface area contributed by atoms with E-state index in [0.29, 0.717) is 6.61 Å². The topological polar surface area (TPSA) is 9.23 Å². The van der Waals surface area contributed by atoms with E-state index in [0.717, 1.165) is 12.2 Å². The molecule has 1 aliphatic rings. The molecule has 1 unspecified atom stereocenters. The van der Waals surface area contributed by atoms with Crippen molar-refractivity contribution in [1.82, 2.24) is 0 Å². The summed E-state index contributed by atoms with van der Waals surface area (Å²) in [5, 5.41) is 0. The van der Waals surface area contributed by atoms with Gasteiger partial charge in [0.25, 0.3) is 0 Å². The molecular weight excluding hydrogens is 184 g/mol. The highest BCUT2D eigenvalue weighted by Gasteiger charge is 2.16. The van der Waals surface area contributed by atoms with E-state index in [1.165, 1.54) is 0 Å². The molecule has 10 heavy (non-hydrogen) atoms. The fraction of sp³-hybridized carbons (Fsp3) is 0.667. The summed E-state index contributed by atoms with van der Waals surface area (Å²) in [4.78, 5) is 0. The number of terminal acetylenes is 1. The van der Waals surface area contributed by atoms with Crippen LogP contribution in [0.15, 0.2) is 0 Å². The Morgan fingerprint density at radius 3 is 2.70 bits per heavy atom. The van der Waals surface area contributed by atoms with Gasteiger partial charge in [-0.05, 0) is 28.8 Å². The van der Waals surface area contributed by atoms with E-state index in [1.54, 1.807) is 0 Å². The van der Waals surface area contributed by atoms with Crippen LogP contribution in [0.1, 0.15) is 6.42 Å². The van der Waals surface area contributed by atoms with Crippen LogP contribution in [0, 0.1) is 18.3 Å². The van der Waals surface area contributed by atoms with E-state index in [9.17, 15) is 0 Å². The van der Waals surface area contributed by atoms with Gasteiger partial charge in [-0.25, -0.2) is 0 Å². The molecule has 0 aromatic rings. The standard InChI is InChI=1S/C6H8OS3/c1-2-6-3-4-10(8,9)7-5-6/h1,6H,3-5H2. The molecule has 0 spiro atoms. The highest BCUT2D eigenvalue weighted by atomic mass is 33.1. The molecule has 0 amide bonds. The van der Waals surface area contributed by atoms with Gasteiger partial charge in [-0.1, -0.05) is 0 Å². The van der Waals surface area contributed by atoms with Crippen LogP contribution in [-0.2, 0) is 34.0 Å². The second-order valence-electron chi connectivity index (χ2n) is 2.20. The van der Waals surface area contributed by atoms with Gasteiger partial charge in [0, 0.05) is 19.1 Å². The zero-order chi connectivity index (χ0) is 7.61.